The van der Waals surface area contributed by atoms with Gasteiger partial charge in [0.05, 0.1) is 22.5 Å². The SMILES string of the molecule is CC(C)CNc1cc(N2CCN(C)CC2)c(N)c2c1C(=O)c1ccccc1C2=O. The van der Waals surface area contributed by atoms with Crippen LogP contribution >= 0.6 is 0 Å². The van der Waals surface area contributed by atoms with Gasteiger partial charge in [0.1, 0.15) is 0 Å². The number of likely N-dealkylation sites (N-methyl/N-ethyl adjacent to an activating group) is 1. The molecule has 0 amide bonds. The molecule has 0 unspecified atom stereocenters. The van der Waals surface area contributed by atoms with E-state index in [1.54, 1.807) is 24.3 Å². The van der Waals surface area contributed by atoms with Crippen LogP contribution in [0.1, 0.15) is 45.7 Å². The summed E-state index contributed by atoms with van der Waals surface area (Å²) < 4.78 is 0. The molecule has 1 heterocycles. The van der Waals surface area contributed by atoms with E-state index in [4.69, 9.17) is 5.73 Å². The van der Waals surface area contributed by atoms with Gasteiger partial charge in [0.25, 0.3) is 0 Å². The second kappa shape index (κ2) is 7.52. The zero-order chi connectivity index (χ0) is 20.7. The highest BCUT2D eigenvalue weighted by Crippen LogP contribution is 2.41. The molecule has 6 nitrogen and oxygen atoms in total. The lowest BCUT2D eigenvalue weighted by atomic mass is 9.81. The van der Waals surface area contributed by atoms with Gasteiger partial charge in [-0.15, -0.1) is 0 Å². The number of carbonyl (C=O) groups is 2. The van der Waals surface area contributed by atoms with Crippen LogP contribution in [0.25, 0.3) is 0 Å². The Bertz CT molecular complexity index is 975. The van der Waals surface area contributed by atoms with Crippen molar-refractivity contribution in [2.75, 3.05) is 55.7 Å². The first-order valence-corrected chi connectivity index (χ1v) is 10.2. The number of nitrogen functional groups attached to an aromatic ring is 1. The van der Waals surface area contributed by atoms with Crippen LogP contribution in [0.4, 0.5) is 17.1 Å². The number of anilines is 3. The highest BCUT2D eigenvalue weighted by atomic mass is 16.1. The molecule has 4 rings (SSSR count). The van der Waals surface area contributed by atoms with Gasteiger partial charge in [-0.3, -0.25) is 9.59 Å². The smallest absolute Gasteiger partial charge is 0.196 e. The highest BCUT2D eigenvalue weighted by Gasteiger charge is 2.35. The van der Waals surface area contributed by atoms with E-state index in [-0.39, 0.29) is 11.6 Å². The zero-order valence-corrected chi connectivity index (χ0v) is 17.3. The van der Waals surface area contributed by atoms with Gasteiger partial charge >= 0.3 is 0 Å². The maximum Gasteiger partial charge on any atom is 0.196 e. The molecule has 3 N–H and O–H groups in total. The number of carbonyl (C=O) groups excluding carboxylic acids is 2. The largest absolute Gasteiger partial charge is 0.396 e. The number of hydrogen-bond acceptors (Lipinski definition) is 6. The van der Waals surface area contributed by atoms with Crippen molar-refractivity contribution in [1.82, 2.24) is 4.90 Å². The maximum absolute atomic E-state index is 13.4. The van der Waals surface area contributed by atoms with E-state index in [0.29, 0.717) is 46.1 Å². The fourth-order valence-corrected chi connectivity index (χ4v) is 4.07. The first kappa shape index (κ1) is 19.5. The standard InChI is InChI=1S/C23H28N4O2/c1-14(2)13-25-17-12-18(27-10-8-26(3)9-11-27)21(24)20-19(17)22(28)15-6-4-5-7-16(15)23(20)29/h4-7,12,14,25H,8-11,13,24H2,1-3H3. The zero-order valence-electron chi connectivity index (χ0n) is 17.3. The van der Waals surface area contributed by atoms with Gasteiger partial charge in [-0.25, -0.2) is 0 Å². The van der Waals surface area contributed by atoms with Gasteiger partial charge in [-0.1, -0.05) is 38.1 Å². The molecule has 6 heteroatoms. The van der Waals surface area contributed by atoms with Crippen molar-refractivity contribution in [3.8, 4) is 0 Å². The number of nitrogens with zero attached hydrogens (tertiary/aromatic N) is 2. The number of rotatable bonds is 4. The molecule has 1 saturated heterocycles. The van der Waals surface area contributed by atoms with Gasteiger partial charge in [0, 0.05) is 49.5 Å². The van der Waals surface area contributed by atoms with Gasteiger partial charge in [0.15, 0.2) is 11.6 Å². The van der Waals surface area contributed by atoms with E-state index >= 15 is 0 Å². The third-order valence-corrected chi connectivity index (χ3v) is 5.76. The minimum atomic E-state index is -0.170. The lowest BCUT2D eigenvalue weighted by molar-refractivity contribution is 0.0980. The molecule has 29 heavy (non-hydrogen) atoms. The van der Waals surface area contributed by atoms with Gasteiger partial charge < -0.3 is 20.9 Å². The maximum atomic E-state index is 13.4. The van der Waals surface area contributed by atoms with E-state index < -0.39 is 0 Å². The Labute approximate surface area is 171 Å². The molecule has 152 valence electrons. The summed E-state index contributed by atoms with van der Waals surface area (Å²) >= 11 is 0. The minimum Gasteiger partial charge on any atom is -0.396 e. The van der Waals surface area contributed by atoms with Crippen LogP contribution in [-0.2, 0) is 0 Å². The topological polar surface area (TPSA) is 78.7 Å². The van der Waals surface area contributed by atoms with Crippen LogP contribution in [0.3, 0.4) is 0 Å². The van der Waals surface area contributed by atoms with Crippen molar-refractivity contribution in [2.45, 2.75) is 13.8 Å². The highest BCUT2D eigenvalue weighted by molar-refractivity contribution is 6.32. The van der Waals surface area contributed by atoms with E-state index in [9.17, 15) is 9.59 Å². The molecule has 0 atom stereocenters. The molecule has 1 aliphatic carbocycles. The van der Waals surface area contributed by atoms with Crippen molar-refractivity contribution in [3.05, 3.63) is 52.6 Å². The number of nitrogens with two attached hydrogens (primary N) is 1. The van der Waals surface area contributed by atoms with Crippen molar-refractivity contribution in [1.29, 1.82) is 0 Å². The van der Waals surface area contributed by atoms with Gasteiger partial charge in [-0.2, -0.15) is 0 Å². The Morgan fingerprint density at radius 3 is 2.17 bits per heavy atom. The van der Waals surface area contributed by atoms with Crippen molar-refractivity contribution in [2.24, 2.45) is 5.92 Å². The number of fused-ring (bicyclic) bond motifs is 2. The fourth-order valence-electron chi connectivity index (χ4n) is 4.07. The predicted octanol–water partition coefficient (Wildman–Crippen LogP) is 2.86. The summed E-state index contributed by atoms with van der Waals surface area (Å²) in [6.45, 7) is 8.47. The summed E-state index contributed by atoms with van der Waals surface area (Å²) in [5.74, 6) is 0.0892. The van der Waals surface area contributed by atoms with Crippen molar-refractivity contribution < 1.29 is 9.59 Å². The first-order chi connectivity index (χ1) is 13.9. The molecular formula is C23H28N4O2. The van der Waals surface area contributed by atoms with E-state index in [1.807, 2.05) is 6.07 Å². The molecule has 0 bridgehead atoms. The monoisotopic (exact) mass is 392 g/mol. The van der Waals surface area contributed by atoms with Crippen LogP contribution in [0, 0.1) is 5.92 Å². The van der Waals surface area contributed by atoms with Crippen molar-refractivity contribution >= 4 is 28.6 Å². The summed E-state index contributed by atoms with van der Waals surface area (Å²) in [7, 11) is 2.10. The summed E-state index contributed by atoms with van der Waals surface area (Å²) in [6.07, 6.45) is 0. The molecule has 2 aromatic rings. The van der Waals surface area contributed by atoms with E-state index in [1.165, 1.54) is 0 Å². The van der Waals surface area contributed by atoms with Crippen LogP contribution in [0.5, 0.6) is 0 Å². The predicted molar refractivity (Wildman–Crippen MR) is 117 cm³/mol. The Morgan fingerprint density at radius 1 is 1.00 bits per heavy atom. The van der Waals surface area contributed by atoms with E-state index in [2.05, 4.69) is 36.0 Å². The van der Waals surface area contributed by atoms with E-state index in [0.717, 1.165) is 31.9 Å². The molecular weight excluding hydrogens is 364 g/mol. The number of benzene rings is 2. The number of ketones is 2. The average Bonchev–Trinajstić information content (AvgIpc) is 2.71. The second-order valence-corrected chi connectivity index (χ2v) is 8.38. The molecule has 0 saturated carbocycles. The van der Waals surface area contributed by atoms with Gasteiger partial charge in [0.2, 0.25) is 0 Å². The molecule has 0 radical (unpaired) electrons. The summed E-state index contributed by atoms with van der Waals surface area (Å²) in [6, 6.07) is 8.96. The molecule has 0 aromatic heterocycles. The Kier molecular flexibility index (Phi) is 5.04. The van der Waals surface area contributed by atoms with Gasteiger partial charge in [-0.05, 0) is 19.0 Å². The number of piperazine rings is 1. The molecule has 1 fully saturated rings. The number of nitrogens with one attached hydrogen (secondary N) is 1. The first-order valence-electron chi connectivity index (χ1n) is 10.2. The summed E-state index contributed by atoms with van der Waals surface area (Å²) in [5.41, 5.74) is 10.1. The summed E-state index contributed by atoms with van der Waals surface area (Å²) in [4.78, 5) is 31.2. The molecule has 2 aliphatic rings. The molecule has 0 spiro atoms. The minimum absolute atomic E-state index is 0.141. The fraction of sp³-hybridized carbons (Fsp3) is 0.391. The van der Waals surface area contributed by atoms with Crippen LogP contribution < -0.4 is 16.0 Å². The van der Waals surface area contributed by atoms with Crippen LogP contribution in [0.15, 0.2) is 30.3 Å². The normalized spacial score (nSPS) is 16.8. The second-order valence-electron chi connectivity index (χ2n) is 8.38. The lowest BCUT2D eigenvalue weighted by Gasteiger charge is -2.36. The third-order valence-electron chi connectivity index (χ3n) is 5.76. The lowest BCUT2D eigenvalue weighted by Crippen LogP contribution is -2.45. The third kappa shape index (κ3) is 3.38. The van der Waals surface area contributed by atoms with Crippen LogP contribution in [0.2, 0.25) is 0 Å². The number of hydrogen-bond donors (Lipinski definition) is 2. The Hall–Kier alpha value is -2.86. The summed E-state index contributed by atoms with van der Waals surface area (Å²) in [5, 5.41) is 3.40. The molecule has 2 aromatic carbocycles. The quantitative estimate of drug-likeness (QED) is 0.665. The van der Waals surface area contributed by atoms with Crippen LogP contribution in [-0.4, -0.2) is 56.2 Å². The Morgan fingerprint density at radius 2 is 1.59 bits per heavy atom. The Balaban J connectivity index is 1.88. The molecule has 1 aliphatic heterocycles. The average molecular weight is 393 g/mol. The van der Waals surface area contributed by atoms with Crippen molar-refractivity contribution in [3.63, 3.8) is 0 Å².